The second-order valence-electron chi connectivity index (χ2n) is 8.50. The number of hydrogen-bond donors (Lipinski definition) is 2. The predicted octanol–water partition coefficient (Wildman–Crippen LogP) is 4.26. The zero-order valence-electron chi connectivity index (χ0n) is 18.2. The van der Waals surface area contributed by atoms with E-state index in [4.69, 9.17) is 9.84 Å². The lowest BCUT2D eigenvalue weighted by atomic mass is 10.1. The van der Waals surface area contributed by atoms with Crippen molar-refractivity contribution < 1.29 is 41.0 Å². The summed E-state index contributed by atoms with van der Waals surface area (Å²) in [6.45, 7) is 6.36. The van der Waals surface area contributed by atoms with Crippen molar-refractivity contribution in [2.45, 2.75) is 38.8 Å². The monoisotopic (exact) mass is 476 g/mol. The van der Waals surface area contributed by atoms with Crippen LogP contribution in [0.25, 0.3) is 0 Å². The van der Waals surface area contributed by atoms with Crippen molar-refractivity contribution in [1.29, 1.82) is 0 Å². The molecule has 2 aromatic carbocycles. The van der Waals surface area contributed by atoms with Crippen molar-refractivity contribution in [2.75, 3.05) is 13.2 Å². The number of nitrogens with zero attached hydrogens (tertiary/aromatic N) is 1. The first-order chi connectivity index (χ1) is 15.2. The normalized spacial score (nSPS) is 14.7. The van der Waals surface area contributed by atoms with Crippen molar-refractivity contribution in [3.63, 3.8) is 0 Å². The number of rotatable bonds is 4. The van der Waals surface area contributed by atoms with Gasteiger partial charge in [0.25, 0.3) is 5.91 Å². The lowest BCUT2D eigenvalue weighted by molar-refractivity contribution is 0.0860. The molecule has 0 fully saturated rings. The van der Waals surface area contributed by atoms with E-state index < -0.39 is 69.6 Å². The first-order valence-corrected chi connectivity index (χ1v) is 9.61. The van der Waals surface area contributed by atoms with Crippen LogP contribution in [0.5, 0.6) is 0 Å². The second-order valence-corrected chi connectivity index (χ2v) is 8.50. The Bertz CT molecular complexity index is 1040. The summed E-state index contributed by atoms with van der Waals surface area (Å²) in [6.07, 6.45) is 0. The van der Waals surface area contributed by atoms with Gasteiger partial charge in [0.2, 0.25) is 5.90 Å². The highest BCUT2D eigenvalue weighted by Gasteiger charge is 2.30. The molecular formula is C22H22F6N2O3. The van der Waals surface area contributed by atoms with Gasteiger partial charge < -0.3 is 15.2 Å². The Balaban J connectivity index is 0.000000234. The number of hydrogen-bond acceptors (Lipinski definition) is 4. The first kappa shape index (κ1) is 26.2. The van der Waals surface area contributed by atoms with Gasteiger partial charge in [0.15, 0.2) is 0 Å². The van der Waals surface area contributed by atoms with E-state index in [2.05, 4.69) is 10.3 Å². The number of carbonyl (C=O) groups is 1. The number of carbonyl (C=O) groups excluding carboxylic acids is 1. The number of aliphatic hydroxyl groups is 1. The van der Waals surface area contributed by atoms with E-state index in [1.807, 2.05) is 0 Å². The van der Waals surface area contributed by atoms with Crippen LogP contribution in [-0.2, 0) is 4.74 Å². The maximum absolute atomic E-state index is 13.4. The summed E-state index contributed by atoms with van der Waals surface area (Å²) in [7, 11) is 0. The van der Waals surface area contributed by atoms with Crippen LogP contribution in [0.1, 0.15) is 43.6 Å². The molecule has 1 amide bonds. The molecule has 3 rings (SSSR count). The first-order valence-electron chi connectivity index (χ1n) is 9.61. The lowest BCUT2D eigenvalue weighted by Gasteiger charge is -2.23. The molecule has 0 aliphatic carbocycles. The molecule has 1 aliphatic heterocycles. The summed E-state index contributed by atoms with van der Waals surface area (Å²) in [5, 5.41) is 11.1. The van der Waals surface area contributed by atoms with Gasteiger partial charge in [-0.05, 0) is 27.7 Å². The zero-order chi connectivity index (χ0) is 25.1. The third-order valence-corrected chi connectivity index (χ3v) is 4.27. The molecule has 0 atom stereocenters. The molecule has 0 saturated heterocycles. The standard InChI is InChI=1S/C11H12F3NO2.C11H10F3NO/c1-11(2,5-16)15-10(17)9-7(13)3-6(12)4-8(9)14;1-11(2)5-16-10(15-11)9-7(13)3-6(12)4-8(9)14/h3-4,16H,5H2,1-2H3,(H,15,17);3-4H,5H2,1-2H3. The Morgan fingerprint density at radius 1 is 1.00 bits per heavy atom. The van der Waals surface area contributed by atoms with Gasteiger partial charge in [0.05, 0.1) is 17.7 Å². The smallest absolute Gasteiger partial charge is 0.257 e. The van der Waals surface area contributed by atoms with Crippen molar-refractivity contribution in [2.24, 2.45) is 4.99 Å². The molecule has 180 valence electrons. The van der Waals surface area contributed by atoms with Crippen molar-refractivity contribution in [3.8, 4) is 0 Å². The molecule has 1 heterocycles. The minimum atomic E-state index is -1.28. The Morgan fingerprint density at radius 3 is 1.85 bits per heavy atom. The van der Waals surface area contributed by atoms with Gasteiger partial charge in [-0.3, -0.25) is 4.79 Å². The highest BCUT2D eigenvalue weighted by Crippen LogP contribution is 2.24. The topological polar surface area (TPSA) is 70.9 Å². The third kappa shape index (κ3) is 6.70. The fourth-order valence-corrected chi connectivity index (χ4v) is 2.63. The average Bonchev–Trinajstić information content (AvgIpc) is 2.99. The number of ether oxygens (including phenoxy) is 1. The molecule has 0 unspecified atom stereocenters. The van der Waals surface area contributed by atoms with Crippen LogP contribution in [-0.4, -0.2) is 41.2 Å². The highest BCUT2D eigenvalue weighted by molar-refractivity contribution is 5.96. The van der Waals surface area contributed by atoms with Gasteiger partial charge in [-0.25, -0.2) is 31.3 Å². The summed E-state index contributed by atoms with van der Waals surface area (Å²) in [6, 6.07) is 2.05. The summed E-state index contributed by atoms with van der Waals surface area (Å²) >= 11 is 0. The number of aliphatic hydroxyl groups excluding tert-OH is 1. The van der Waals surface area contributed by atoms with Crippen LogP contribution in [0, 0.1) is 34.9 Å². The molecule has 0 aromatic heterocycles. The van der Waals surface area contributed by atoms with Gasteiger partial charge in [-0.15, -0.1) is 0 Å². The second kappa shape index (κ2) is 9.82. The van der Waals surface area contributed by atoms with Gasteiger partial charge in [-0.2, -0.15) is 0 Å². The minimum Gasteiger partial charge on any atom is -0.475 e. The molecule has 0 radical (unpaired) electrons. The molecule has 2 aromatic rings. The van der Waals surface area contributed by atoms with Crippen LogP contribution in [0.15, 0.2) is 29.3 Å². The van der Waals surface area contributed by atoms with E-state index >= 15 is 0 Å². The van der Waals surface area contributed by atoms with Crippen LogP contribution >= 0.6 is 0 Å². The van der Waals surface area contributed by atoms with Crippen LogP contribution in [0.2, 0.25) is 0 Å². The number of benzene rings is 2. The molecule has 1 aliphatic rings. The fraction of sp³-hybridized carbons (Fsp3) is 0.364. The maximum Gasteiger partial charge on any atom is 0.257 e. The molecule has 5 nitrogen and oxygen atoms in total. The zero-order valence-corrected chi connectivity index (χ0v) is 18.2. The Morgan fingerprint density at radius 2 is 1.45 bits per heavy atom. The molecule has 33 heavy (non-hydrogen) atoms. The van der Waals surface area contributed by atoms with E-state index in [-0.39, 0.29) is 12.5 Å². The molecule has 0 saturated carbocycles. The van der Waals surface area contributed by atoms with Crippen LogP contribution < -0.4 is 5.32 Å². The Labute approximate surface area is 186 Å². The molecule has 0 spiro atoms. The third-order valence-electron chi connectivity index (χ3n) is 4.27. The number of amides is 1. The Hall–Kier alpha value is -3.08. The molecule has 0 bridgehead atoms. The van der Waals surface area contributed by atoms with Crippen molar-refractivity contribution in [1.82, 2.24) is 5.32 Å². The van der Waals surface area contributed by atoms with Gasteiger partial charge in [-0.1, -0.05) is 0 Å². The summed E-state index contributed by atoms with van der Waals surface area (Å²) < 4.78 is 83.6. The average molecular weight is 476 g/mol. The molecule has 2 N–H and O–H groups in total. The van der Waals surface area contributed by atoms with Gasteiger partial charge in [0.1, 0.15) is 52.6 Å². The number of aliphatic imine (C=N–C) groups is 1. The summed E-state index contributed by atoms with van der Waals surface area (Å²) in [5.41, 5.74) is -2.81. The summed E-state index contributed by atoms with van der Waals surface area (Å²) in [5.74, 6) is -7.79. The SMILES string of the molecule is CC(C)(CO)NC(=O)c1c(F)cc(F)cc1F.CC1(C)COC(c2c(F)cc(F)cc2F)=N1. The molecular weight excluding hydrogens is 454 g/mol. The van der Waals surface area contributed by atoms with E-state index in [0.29, 0.717) is 24.3 Å². The van der Waals surface area contributed by atoms with Crippen molar-refractivity contribution >= 4 is 11.8 Å². The van der Waals surface area contributed by atoms with Gasteiger partial charge in [0, 0.05) is 24.3 Å². The van der Waals surface area contributed by atoms with Crippen LogP contribution in [0.4, 0.5) is 26.3 Å². The fourth-order valence-electron chi connectivity index (χ4n) is 2.63. The quantitative estimate of drug-likeness (QED) is 0.648. The van der Waals surface area contributed by atoms with E-state index in [9.17, 15) is 31.1 Å². The van der Waals surface area contributed by atoms with Crippen LogP contribution in [0.3, 0.4) is 0 Å². The van der Waals surface area contributed by atoms with E-state index in [1.54, 1.807) is 13.8 Å². The highest BCUT2D eigenvalue weighted by atomic mass is 19.2. The summed E-state index contributed by atoms with van der Waals surface area (Å²) in [4.78, 5) is 15.6. The van der Waals surface area contributed by atoms with Crippen molar-refractivity contribution in [3.05, 3.63) is 70.3 Å². The predicted molar refractivity (Wildman–Crippen MR) is 108 cm³/mol. The Kier molecular flexibility index (Phi) is 7.79. The van der Waals surface area contributed by atoms with Gasteiger partial charge >= 0.3 is 0 Å². The maximum atomic E-state index is 13.4. The number of halogens is 6. The van der Waals surface area contributed by atoms with E-state index in [0.717, 1.165) is 0 Å². The minimum absolute atomic E-state index is 0.111. The number of nitrogens with one attached hydrogen (secondary N) is 1. The largest absolute Gasteiger partial charge is 0.475 e. The molecule has 11 heteroatoms. The van der Waals surface area contributed by atoms with E-state index in [1.165, 1.54) is 13.8 Å². The lowest BCUT2D eigenvalue weighted by Crippen LogP contribution is -2.46.